The van der Waals surface area contributed by atoms with Crippen LogP contribution in [0.4, 0.5) is 0 Å². The average molecular weight is 235 g/mol. The van der Waals surface area contributed by atoms with Gasteiger partial charge in [-0.1, -0.05) is 13.8 Å². The summed E-state index contributed by atoms with van der Waals surface area (Å²) in [6.45, 7) is 7.64. The molecule has 0 aromatic rings. The lowest BCUT2D eigenvalue weighted by atomic mass is 9.97. The zero-order chi connectivity index (χ0) is 10.6. The Morgan fingerprint density at radius 1 is 1.36 bits per heavy atom. The van der Waals surface area contributed by atoms with Crippen LogP contribution >= 0.6 is 12.6 Å². The fourth-order valence-corrected chi connectivity index (χ4v) is 3.33. The van der Waals surface area contributed by atoms with Crippen molar-refractivity contribution in [2.75, 3.05) is 36.9 Å². The van der Waals surface area contributed by atoms with Gasteiger partial charge in [0, 0.05) is 41.9 Å². The van der Waals surface area contributed by atoms with Gasteiger partial charge in [0.15, 0.2) is 0 Å². The van der Waals surface area contributed by atoms with E-state index < -0.39 is 10.8 Å². The molecule has 1 unspecified atom stereocenters. The maximum absolute atomic E-state index is 11.2. The lowest BCUT2D eigenvalue weighted by Crippen LogP contribution is -2.41. The van der Waals surface area contributed by atoms with Crippen molar-refractivity contribution in [3.8, 4) is 0 Å². The molecule has 0 spiro atoms. The molecule has 1 heterocycles. The summed E-state index contributed by atoms with van der Waals surface area (Å²) in [5.74, 6) is 4.04. The number of rotatable bonds is 4. The maximum Gasteiger partial charge on any atom is 0.0363 e. The summed E-state index contributed by atoms with van der Waals surface area (Å²) in [4.78, 5) is 2.43. The smallest absolute Gasteiger partial charge is 0.0363 e. The second-order valence-corrected chi connectivity index (χ2v) is 6.40. The van der Waals surface area contributed by atoms with Crippen molar-refractivity contribution in [3.05, 3.63) is 0 Å². The number of hydrogen-bond donors (Lipinski definition) is 1. The van der Waals surface area contributed by atoms with Crippen LogP contribution in [0, 0.1) is 11.8 Å². The van der Waals surface area contributed by atoms with Crippen molar-refractivity contribution in [1.82, 2.24) is 4.90 Å². The Balaban J connectivity index is 2.32. The van der Waals surface area contributed by atoms with Crippen molar-refractivity contribution in [2.24, 2.45) is 11.8 Å². The second-order valence-electron chi connectivity index (χ2n) is 4.34. The Hall–Kier alpha value is 0.460. The van der Waals surface area contributed by atoms with Crippen LogP contribution in [0.15, 0.2) is 0 Å². The summed E-state index contributed by atoms with van der Waals surface area (Å²) in [5.41, 5.74) is 0. The molecule has 1 aliphatic heterocycles. The van der Waals surface area contributed by atoms with Crippen LogP contribution in [0.5, 0.6) is 0 Å². The summed E-state index contributed by atoms with van der Waals surface area (Å²) in [6, 6.07) is 0. The first kappa shape index (κ1) is 12.5. The van der Waals surface area contributed by atoms with Crippen LogP contribution in [0.3, 0.4) is 0 Å². The molecule has 1 saturated heterocycles. The van der Waals surface area contributed by atoms with Crippen molar-refractivity contribution >= 4 is 23.4 Å². The summed E-state index contributed by atoms with van der Waals surface area (Å²) in [7, 11) is -0.549. The highest BCUT2D eigenvalue weighted by molar-refractivity contribution is 7.85. The molecular weight excluding hydrogens is 214 g/mol. The van der Waals surface area contributed by atoms with E-state index in [-0.39, 0.29) is 0 Å². The maximum atomic E-state index is 11.2. The molecule has 1 rings (SSSR count). The van der Waals surface area contributed by atoms with Crippen molar-refractivity contribution in [1.29, 1.82) is 0 Å². The van der Waals surface area contributed by atoms with Crippen LogP contribution < -0.4 is 0 Å². The molecule has 0 aliphatic carbocycles. The third-order valence-electron chi connectivity index (χ3n) is 2.94. The molecule has 0 saturated carbocycles. The fourth-order valence-electron chi connectivity index (χ4n) is 1.67. The van der Waals surface area contributed by atoms with Crippen LogP contribution in [-0.4, -0.2) is 46.0 Å². The Kier molecular flexibility index (Phi) is 5.49. The molecule has 84 valence electrons. The molecule has 0 N–H and O–H groups in total. The zero-order valence-corrected chi connectivity index (χ0v) is 10.8. The van der Waals surface area contributed by atoms with Crippen LogP contribution in [0.2, 0.25) is 0 Å². The van der Waals surface area contributed by atoms with Crippen LogP contribution in [0.1, 0.15) is 13.8 Å². The molecule has 0 radical (unpaired) electrons. The molecule has 14 heavy (non-hydrogen) atoms. The van der Waals surface area contributed by atoms with E-state index in [9.17, 15) is 4.21 Å². The highest BCUT2D eigenvalue weighted by Crippen LogP contribution is 2.15. The summed E-state index contributed by atoms with van der Waals surface area (Å²) in [5, 5.41) is 0. The van der Waals surface area contributed by atoms with E-state index >= 15 is 0 Å². The summed E-state index contributed by atoms with van der Waals surface area (Å²) < 4.78 is 11.2. The molecule has 2 nitrogen and oxygen atoms in total. The van der Waals surface area contributed by atoms with Gasteiger partial charge in [-0.2, -0.15) is 12.6 Å². The topological polar surface area (TPSA) is 20.3 Å². The Morgan fingerprint density at radius 3 is 2.36 bits per heavy atom. The minimum Gasteiger partial charge on any atom is -0.301 e. The van der Waals surface area contributed by atoms with Crippen LogP contribution in [0.25, 0.3) is 0 Å². The lowest BCUT2D eigenvalue weighted by Gasteiger charge is -2.31. The van der Waals surface area contributed by atoms with E-state index in [4.69, 9.17) is 0 Å². The Labute approximate surface area is 95.3 Å². The van der Waals surface area contributed by atoms with Gasteiger partial charge < -0.3 is 4.90 Å². The molecule has 1 atom stereocenters. The van der Waals surface area contributed by atoms with E-state index in [0.29, 0.717) is 11.8 Å². The molecule has 0 bridgehead atoms. The van der Waals surface area contributed by atoms with Gasteiger partial charge in [0.2, 0.25) is 0 Å². The van der Waals surface area contributed by atoms with Crippen LogP contribution in [-0.2, 0) is 10.8 Å². The van der Waals surface area contributed by atoms with E-state index in [1.54, 1.807) is 0 Å². The molecule has 1 fully saturated rings. The molecule has 0 aromatic heterocycles. The van der Waals surface area contributed by atoms with E-state index in [1.165, 1.54) is 0 Å². The first-order valence-corrected chi connectivity index (χ1v) is 7.43. The van der Waals surface area contributed by atoms with Gasteiger partial charge in [-0.15, -0.1) is 0 Å². The molecule has 4 heteroatoms. The van der Waals surface area contributed by atoms with E-state index in [0.717, 1.165) is 36.9 Å². The van der Waals surface area contributed by atoms with E-state index in [1.807, 2.05) is 0 Å². The van der Waals surface area contributed by atoms with Gasteiger partial charge in [-0.3, -0.25) is 4.21 Å². The predicted molar refractivity (Wildman–Crippen MR) is 66.5 cm³/mol. The first-order valence-electron chi connectivity index (χ1n) is 5.31. The number of hydrogen-bond acceptors (Lipinski definition) is 3. The fraction of sp³-hybridized carbons (Fsp3) is 1.00. The van der Waals surface area contributed by atoms with Crippen molar-refractivity contribution in [2.45, 2.75) is 13.8 Å². The highest BCUT2D eigenvalue weighted by atomic mass is 32.2. The van der Waals surface area contributed by atoms with Gasteiger partial charge in [-0.05, 0) is 17.6 Å². The Bertz CT molecular complexity index is 187. The highest BCUT2D eigenvalue weighted by Gasteiger charge is 2.20. The quantitative estimate of drug-likeness (QED) is 0.740. The van der Waals surface area contributed by atoms with Crippen molar-refractivity contribution in [3.63, 3.8) is 0 Å². The molecule has 0 aromatic carbocycles. The van der Waals surface area contributed by atoms with Crippen molar-refractivity contribution < 1.29 is 4.21 Å². The number of thiol groups is 1. The lowest BCUT2D eigenvalue weighted by molar-refractivity contribution is 0.230. The minimum atomic E-state index is -0.549. The monoisotopic (exact) mass is 235 g/mol. The third-order valence-corrected chi connectivity index (χ3v) is 4.69. The first-order chi connectivity index (χ1) is 6.63. The zero-order valence-electron chi connectivity index (χ0n) is 9.11. The molecular formula is C10H21NOS2. The van der Waals surface area contributed by atoms with Gasteiger partial charge in [0.05, 0.1) is 0 Å². The molecule has 0 amide bonds. The van der Waals surface area contributed by atoms with E-state index in [2.05, 4.69) is 31.4 Å². The van der Waals surface area contributed by atoms with Gasteiger partial charge in [-0.25, -0.2) is 0 Å². The van der Waals surface area contributed by atoms with Gasteiger partial charge >= 0.3 is 0 Å². The third kappa shape index (κ3) is 3.91. The Morgan fingerprint density at radius 2 is 1.93 bits per heavy atom. The number of nitrogens with zero attached hydrogens (tertiary/aromatic N) is 1. The summed E-state index contributed by atoms with van der Waals surface area (Å²) in [6.07, 6.45) is 0. The second kappa shape index (κ2) is 6.13. The van der Waals surface area contributed by atoms with Gasteiger partial charge in [0.1, 0.15) is 0 Å². The SMILES string of the molecule is CC(C)C(CS)CN1CCS(=O)CC1. The average Bonchev–Trinajstić information content (AvgIpc) is 2.16. The predicted octanol–water partition coefficient (Wildman–Crippen LogP) is 1.25. The largest absolute Gasteiger partial charge is 0.301 e. The summed E-state index contributed by atoms with van der Waals surface area (Å²) >= 11 is 4.39. The standard InChI is InChI=1S/C10H21NOS2/c1-9(2)10(8-13)7-11-3-5-14(12)6-4-11/h9-10,13H,3-8H2,1-2H3. The minimum absolute atomic E-state index is 0.549. The van der Waals surface area contributed by atoms with Gasteiger partial charge in [0.25, 0.3) is 0 Å². The molecule has 1 aliphatic rings. The normalized spacial score (nSPS) is 22.9.